The van der Waals surface area contributed by atoms with Gasteiger partial charge in [-0.3, -0.25) is 0 Å². The van der Waals surface area contributed by atoms with E-state index >= 15 is 0 Å². The molecule has 0 spiro atoms. The van der Waals surface area contributed by atoms with E-state index in [9.17, 15) is 4.39 Å². The Bertz CT molecular complexity index is 630. The molecule has 0 bridgehead atoms. The molecule has 0 aliphatic carbocycles. The maximum atomic E-state index is 13.7. The van der Waals surface area contributed by atoms with Crippen LogP contribution < -0.4 is 0 Å². The Balaban J connectivity index is 2.20. The lowest BCUT2D eigenvalue weighted by Gasteiger charge is -2.11. The van der Waals surface area contributed by atoms with Crippen LogP contribution in [0.2, 0.25) is 10.0 Å². The summed E-state index contributed by atoms with van der Waals surface area (Å²) in [6, 6.07) is 8.64. The van der Waals surface area contributed by atoms with Gasteiger partial charge in [-0.25, -0.2) is 4.39 Å². The number of halogens is 3. The molecular weight excluding hydrogens is 334 g/mol. The van der Waals surface area contributed by atoms with Crippen LogP contribution in [0.1, 0.15) is 11.1 Å². The van der Waals surface area contributed by atoms with Gasteiger partial charge in [-0.2, -0.15) is 0 Å². The van der Waals surface area contributed by atoms with Crippen LogP contribution in [-0.2, 0) is 5.75 Å². The quantitative estimate of drug-likeness (QED) is 0.583. The van der Waals surface area contributed by atoms with E-state index in [1.807, 2.05) is 18.4 Å². The van der Waals surface area contributed by atoms with Gasteiger partial charge in [-0.05, 0) is 54.6 Å². The number of hydrogen-bond donors (Lipinski definition) is 0. The van der Waals surface area contributed by atoms with Crippen molar-refractivity contribution in [1.82, 2.24) is 0 Å². The average Bonchev–Trinajstić information content (AvgIpc) is 2.41. The van der Waals surface area contributed by atoms with Crippen LogP contribution in [0.15, 0.2) is 40.1 Å². The number of benzene rings is 2. The van der Waals surface area contributed by atoms with Gasteiger partial charge in [-0.15, -0.1) is 23.5 Å². The first-order valence-corrected chi connectivity index (χ1v) is 8.88. The molecule has 0 fully saturated rings. The van der Waals surface area contributed by atoms with Crippen molar-refractivity contribution in [3.05, 3.63) is 57.3 Å². The third-order valence-corrected chi connectivity index (χ3v) is 5.34. The summed E-state index contributed by atoms with van der Waals surface area (Å²) >= 11 is 15.0. The minimum Gasteiger partial charge on any atom is -0.206 e. The summed E-state index contributed by atoms with van der Waals surface area (Å²) < 4.78 is 13.7. The highest BCUT2D eigenvalue weighted by atomic mass is 35.5. The summed E-state index contributed by atoms with van der Waals surface area (Å²) in [6.45, 7) is 2.07. The van der Waals surface area contributed by atoms with Crippen molar-refractivity contribution < 1.29 is 4.39 Å². The first kappa shape index (κ1) is 16.0. The molecule has 0 unspecified atom stereocenters. The molecule has 2 aromatic rings. The maximum absolute atomic E-state index is 13.7. The Kier molecular flexibility index (Phi) is 5.67. The molecule has 0 aliphatic rings. The van der Waals surface area contributed by atoms with Crippen molar-refractivity contribution in [2.24, 2.45) is 0 Å². The van der Waals surface area contributed by atoms with E-state index in [-0.39, 0.29) is 5.82 Å². The fraction of sp³-hybridized carbons (Fsp3) is 0.200. The molecule has 2 aromatic carbocycles. The van der Waals surface area contributed by atoms with Crippen LogP contribution in [-0.4, -0.2) is 6.26 Å². The highest BCUT2D eigenvalue weighted by molar-refractivity contribution is 7.99. The lowest BCUT2D eigenvalue weighted by molar-refractivity contribution is 0.602. The first-order chi connectivity index (χ1) is 9.51. The van der Waals surface area contributed by atoms with Crippen molar-refractivity contribution in [2.45, 2.75) is 22.5 Å². The Labute approximate surface area is 137 Å². The largest absolute Gasteiger partial charge is 0.206 e. The molecular formula is C15H13Cl2FS2. The zero-order chi connectivity index (χ0) is 14.7. The summed E-state index contributed by atoms with van der Waals surface area (Å²) in [5, 5.41) is 1.13. The maximum Gasteiger partial charge on any atom is 0.138 e. The van der Waals surface area contributed by atoms with Crippen molar-refractivity contribution in [3.8, 4) is 0 Å². The van der Waals surface area contributed by atoms with Gasteiger partial charge in [0.05, 0.1) is 0 Å². The summed E-state index contributed by atoms with van der Waals surface area (Å²) in [4.78, 5) is 1.75. The predicted molar refractivity (Wildman–Crippen MR) is 88.9 cm³/mol. The van der Waals surface area contributed by atoms with Gasteiger partial charge in [0.2, 0.25) is 0 Å². The molecule has 0 aromatic heterocycles. The SMILES string of the molecule is CSc1cc(Cl)cc(CSc2ccc(Cl)cc2F)c1C. The second kappa shape index (κ2) is 7.08. The fourth-order valence-electron chi connectivity index (χ4n) is 1.82. The van der Waals surface area contributed by atoms with Crippen LogP contribution in [0.5, 0.6) is 0 Å². The molecule has 0 saturated carbocycles. The molecule has 20 heavy (non-hydrogen) atoms. The molecule has 0 N–H and O–H groups in total. The van der Waals surface area contributed by atoms with Crippen LogP contribution in [0, 0.1) is 12.7 Å². The molecule has 5 heteroatoms. The molecule has 0 heterocycles. The highest BCUT2D eigenvalue weighted by Gasteiger charge is 2.09. The van der Waals surface area contributed by atoms with E-state index in [0.717, 1.165) is 10.5 Å². The first-order valence-electron chi connectivity index (χ1n) is 5.92. The fourth-order valence-corrected chi connectivity index (χ4v) is 3.94. The van der Waals surface area contributed by atoms with Gasteiger partial charge in [0.15, 0.2) is 0 Å². The van der Waals surface area contributed by atoms with Crippen LogP contribution in [0.3, 0.4) is 0 Å². The van der Waals surface area contributed by atoms with Crippen LogP contribution in [0.4, 0.5) is 4.39 Å². The lowest BCUT2D eigenvalue weighted by Crippen LogP contribution is -1.91. The minimum absolute atomic E-state index is 0.285. The molecule has 0 radical (unpaired) electrons. The molecule has 0 nitrogen and oxygen atoms in total. The molecule has 106 valence electrons. The third-order valence-electron chi connectivity index (χ3n) is 2.93. The Morgan fingerprint density at radius 2 is 1.80 bits per heavy atom. The zero-order valence-corrected chi connectivity index (χ0v) is 14.2. The van der Waals surface area contributed by atoms with E-state index in [1.54, 1.807) is 23.9 Å². The van der Waals surface area contributed by atoms with Crippen LogP contribution >= 0.6 is 46.7 Å². The van der Waals surface area contributed by atoms with Crippen molar-refractivity contribution in [2.75, 3.05) is 6.26 Å². The van der Waals surface area contributed by atoms with Crippen molar-refractivity contribution in [3.63, 3.8) is 0 Å². The van der Waals surface area contributed by atoms with Gasteiger partial charge in [0.25, 0.3) is 0 Å². The summed E-state index contributed by atoms with van der Waals surface area (Å²) in [6.07, 6.45) is 2.02. The van der Waals surface area contributed by atoms with Gasteiger partial charge in [0.1, 0.15) is 5.82 Å². The van der Waals surface area contributed by atoms with Gasteiger partial charge in [-0.1, -0.05) is 23.2 Å². The van der Waals surface area contributed by atoms with Crippen molar-refractivity contribution >= 4 is 46.7 Å². The Morgan fingerprint density at radius 3 is 2.45 bits per heavy atom. The van der Waals surface area contributed by atoms with E-state index < -0.39 is 0 Å². The van der Waals surface area contributed by atoms with Crippen molar-refractivity contribution in [1.29, 1.82) is 0 Å². The topological polar surface area (TPSA) is 0 Å². The van der Waals surface area contributed by atoms with Gasteiger partial charge < -0.3 is 0 Å². The van der Waals surface area contributed by atoms with Gasteiger partial charge >= 0.3 is 0 Å². The molecule has 0 aliphatic heterocycles. The highest BCUT2D eigenvalue weighted by Crippen LogP contribution is 2.33. The van der Waals surface area contributed by atoms with E-state index in [1.165, 1.54) is 23.4 Å². The second-order valence-corrected chi connectivity index (χ2v) is 6.99. The summed E-state index contributed by atoms with van der Waals surface area (Å²) in [5.74, 6) is 0.394. The standard InChI is InChI=1S/C15H13Cl2FS2/c1-9-10(5-12(17)7-15(9)19-2)8-20-14-4-3-11(16)6-13(14)18/h3-7H,8H2,1-2H3. The van der Waals surface area contributed by atoms with E-state index in [2.05, 4.69) is 6.92 Å². The average molecular weight is 347 g/mol. The number of rotatable bonds is 4. The molecule has 0 amide bonds. The molecule has 0 atom stereocenters. The summed E-state index contributed by atoms with van der Waals surface area (Å²) in [7, 11) is 0. The predicted octanol–water partition coefficient (Wildman–Crippen LogP) is 6.46. The van der Waals surface area contributed by atoms with Gasteiger partial charge in [0, 0.05) is 25.6 Å². The van der Waals surface area contributed by atoms with Crippen LogP contribution in [0.25, 0.3) is 0 Å². The molecule has 0 saturated heterocycles. The normalized spacial score (nSPS) is 10.8. The number of hydrogen-bond acceptors (Lipinski definition) is 2. The Morgan fingerprint density at radius 1 is 1.05 bits per heavy atom. The zero-order valence-electron chi connectivity index (χ0n) is 11.0. The smallest absolute Gasteiger partial charge is 0.138 e. The monoisotopic (exact) mass is 346 g/mol. The van der Waals surface area contributed by atoms with E-state index in [0.29, 0.717) is 20.7 Å². The van der Waals surface area contributed by atoms with E-state index in [4.69, 9.17) is 23.2 Å². The minimum atomic E-state index is -0.285. The lowest BCUT2D eigenvalue weighted by atomic mass is 10.1. The second-order valence-electron chi connectivity index (χ2n) is 4.26. The third kappa shape index (κ3) is 3.85. The molecule has 2 rings (SSSR count). The number of thioether (sulfide) groups is 2. The summed E-state index contributed by atoms with van der Waals surface area (Å²) in [5.41, 5.74) is 2.32. The Hall–Kier alpha value is -0.350.